The molecule has 180 valence electrons. The minimum Gasteiger partial charge on any atom is -0.468 e. The molecule has 6 nitrogen and oxygen atoms in total. The molecule has 0 radical (unpaired) electrons. The van der Waals surface area contributed by atoms with Crippen molar-refractivity contribution < 1.29 is 23.6 Å². The largest absolute Gasteiger partial charge is 0.468 e. The van der Waals surface area contributed by atoms with Gasteiger partial charge in [0.05, 0.1) is 25.7 Å². The number of thioether (sulfide) groups is 1. The van der Waals surface area contributed by atoms with E-state index >= 15 is 0 Å². The van der Waals surface area contributed by atoms with Crippen LogP contribution >= 0.6 is 11.8 Å². The van der Waals surface area contributed by atoms with E-state index in [9.17, 15) is 14.4 Å². The molecule has 2 aliphatic rings. The number of nitrogens with zero attached hydrogens (tertiary/aromatic N) is 1. The van der Waals surface area contributed by atoms with Gasteiger partial charge in [-0.15, -0.1) is 11.8 Å². The Balaban J connectivity index is 1.68. The minimum absolute atomic E-state index is 0.121. The van der Waals surface area contributed by atoms with E-state index in [2.05, 4.69) is 24.4 Å². The molecule has 0 saturated carbocycles. The Bertz CT molecular complexity index is 864. The van der Waals surface area contributed by atoms with Crippen molar-refractivity contribution in [1.82, 2.24) is 5.32 Å². The predicted molar refractivity (Wildman–Crippen MR) is 132 cm³/mol. The number of hydrogen-bond acceptors (Lipinski definition) is 5. The lowest BCUT2D eigenvalue weighted by Gasteiger charge is -2.38. The number of amides is 1. The Kier molecular flexibility index (Phi) is 8.76. The Hall–Kier alpha value is -2.12. The molecule has 0 aromatic heterocycles. The van der Waals surface area contributed by atoms with E-state index in [0.717, 1.165) is 38.8 Å². The third-order valence-electron chi connectivity index (χ3n) is 6.91. The van der Waals surface area contributed by atoms with Gasteiger partial charge >= 0.3 is 5.97 Å². The first-order valence-corrected chi connectivity index (χ1v) is 12.8. The molecule has 0 spiro atoms. The van der Waals surface area contributed by atoms with Crippen molar-refractivity contribution in [3.8, 4) is 0 Å². The smallest absolute Gasteiger partial charge is 0.321 e. The van der Waals surface area contributed by atoms with E-state index in [1.54, 1.807) is 0 Å². The highest BCUT2D eigenvalue weighted by atomic mass is 32.2. The number of rotatable bonds is 9. The number of benzene rings is 1. The number of likely N-dealkylation sites (tertiary alicyclic amines) is 1. The molecular formula is C26H37N2O4S+. The average Bonchev–Trinajstić information content (AvgIpc) is 3.01. The van der Waals surface area contributed by atoms with Gasteiger partial charge in [0, 0.05) is 6.42 Å². The summed E-state index contributed by atoms with van der Waals surface area (Å²) in [6, 6.07) is 10.1. The van der Waals surface area contributed by atoms with Gasteiger partial charge < -0.3 is 14.5 Å². The van der Waals surface area contributed by atoms with Crippen LogP contribution in [0.25, 0.3) is 0 Å². The molecular weight excluding hydrogens is 436 g/mol. The summed E-state index contributed by atoms with van der Waals surface area (Å²) < 4.78 is 5.43. The van der Waals surface area contributed by atoms with Crippen LogP contribution in [-0.2, 0) is 19.1 Å². The quantitative estimate of drug-likeness (QED) is 0.436. The normalized spacial score (nSPS) is 25.1. The summed E-state index contributed by atoms with van der Waals surface area (Å²) in [4.78, 5) is 38.6. The van der Waals surface area contributed by atoms with Crippen LogP contribution < -0.4 is 5.32 Å². The summed E-state index contributed by atoms with van der Waals surface area (Å²) >= 11 is 1.36. The van der Waals surface area contributed by atoms with Gasteiger partial charge in [-0.3, -0.25) is 14.4 Å². The maximum absolute atomic E-state index is 13.2. The van der Waals surface area contributed by atoms with E-state index in [-0.39, 0.29) is 30.1 Å². The van der Waals surface area contributed by atoms with Crippen LogP contribution in [0.3, 0.4) is 0 Å². The lowest BCUT2D eigenvalue weighted by atomic mass is 9.95. The van der Waals surface area contributed by atoms with Gasteiger partial charge in [-0.1, -0.05) is 43.3 Å². The topological polar surface area (TPSA) is 72.5 Å². The number of carbonyl (C=O) groups excluding carboxylic acids is 3. The van der Waals surface area contributed by atoms with Gasteiger partial charge in [-0.25, -0.2) is 0 Å². The molecule has 2 aliphatic heterocycles. The first kappa shape index (κ1) is 25.5. The van der Waals surface area contributed by atoms with Crippen molar-refractivity contribution in [1.29, 1.82) is 0 Å². The molecule has 33 heavy (non-hydrogen) atoms. The van der Waals surface area contributed by atoms with E-state index < -0.39 is 10.8 Å². The molecule has 3 atom stereocenters. The van der Waals surface area contributed by atoms with Gasteiger partial charge in [-0.2, -0.15) is 0 Å². The summed E-state index contributed by atoms with van der Waals surface area (Å²) in [5, 5.41) is 4.42. The number of hydrogen-bond donors (Lipinski definition) is 1. The molecule has 1 aromatic rings. The van der Waals surface area contributed by atoms with Gasteiger partial charge in [0.2, 0.25) is 0 Å². The average molecular weight is 474 g/mol. The number of Topliss-reactive ketones (excluding diaryl/α,β-unsaturated/α-hetero) is 1. The number of carbonyl (C=O) groups is 3. The third-order valence-corrected chi connectivity index (χ3v) is 8.15. The van der Waals surface area contributed by atoms with Gasteiger partial charge in [-0.05, 0) is 49.5 Å². The molecule has 0 bridgehead atoms. The van der Waals surface area contributed by atoms with E-state index in [0.29, 0.717) is 17.4 Å². The number of ketones is 1. The molecule has 3 rings (SSSR count). The molecule has 1 amide bonds. The van der Waals surface area contributed by atoms with Crippen LogP contribution in [0.4, 0.5) is 0 Å². The zero-order chi connectivity index (χ0) is 23.9. The maximum Gasteiger partial charge on any atom is 0.321 e. The highest BCUT2D eigenvalue weighted by Crippen LogP contribution is 2.34. The van der Waals surface area contributed by atoms with E-state index in [1.807, 2.05) is 36.6 Å². The van der Waals surface area contributed by atoms with E-state index in [4.69, 9.17) is 4.74 Å². The minimum atomic E-state index is -0.795. The SMILES string of the molecule is COC(=O)C1SC=CC1(C)NC(=O)C[N+]1(CC(=O)C[C@H](C)c2ccccc2)CCCCCC1. The standard InChI is InChI=1S/C26H36N2O4S/c1-20(21-11-7-6-8-12-21)17-22(29)18-28(14-9-4-5-10-15-28)19-23(30)27-26(2)13-16-33-24(26)25(31)32-3/h6-8,11-13,16,20,24H,4-5,9-10,14-15,17-19H2,1-3H3/p+1/t20-,24?,26?/m0/s1. The molecule has 1 fully saturated rings. The van der Waals surface area contributed by atoms with Crippen molar-refractivity contribution in [3.05, 3.63) is 47.4 Å². The highest BCUT2D eigenvalue weighted by molar-refractivity contribution is 8.03. The summed E-state index contributed by atoms with van der Waals surface area (Å²) in [5.74, 6) is -0.114. The monoisotopic (exact) mass is 473 g/mol. The molecule has 1 N–H and O–H groups in total. The van der Waals surface area contributed by atoms with Gasteiger partial charge in [0.1, 0.15) is 11.8 Å². The van der Waals surface area contributed by atoms with Crippen LogP contribution in [0.15, 0.2) is 41.8 Å². The fourth-order valence-corrected chi connectivity index (χ4v) is 6.20. The summed E-state index contributed by atoms with van der Waals surface area (Å²) in [6.07, 6.45) is 6.65. The second-order valence-corrected chi connectivity index (χ2v) is 10.8. The second-order valence-electron chi connectivity index (χ2n) is 9.75. The molecule has 2 unspecified atom stereocenters. The van der Waals surface area contributed by atoms with Crippen molar-refractivity contribution in [2.75, 3.05) is 33.3 Å². The van der Waals surface area contributed by atoms with Gasteiger partial charge in [0.25, 0.3) is 5.91 Å². The number of esters is 1. The fraction of sp³-hybridized carbons (Fsp3) is 0.577. The molecule has 1 saturated heterocycles. The van der Waals surface area contributed by atoms with Gasteiger partial charge in [0.15, 0.2) is 12.3 Å². The Labute approximate surface area is 201 Å². The van der Waals surface area contributed by atoms with E-state index in [1.165, 1.54) is 24.4 Å². The number of methoxy groups -OCH3 is 1. The predicted octanol–water partition coefficient (Wildman–Crippen LogP) is 3.82. The molecule has 2 heterocycles. The van der Waals surface area contributed by atoms with Crippen LogP contribution in [0, 0.1) is 0 Å². The lowest BCUT2D eigenvalue weighted by molar-refractivity contribution is -0.912. The van der Waals surface area contributed by atoms with Crippen molar-refractivity contribution in [2.45, 2.75) is 62.7 Å². The Morgan fingerprint density at radius 2 is 1.79 bits per heavy atom. The zero-order valence-corrected chi connectivity index (χ0v) is 20.9. The molecule has 1 aromatic carbocycles. The molecule has 7 heteroatoms. The summed E-state index contributed by atoms with van der Waals surface area (Å²) in [7, 11) is 1.36. The number of ether oxygens (including phenoxy) is 1. The fourth-order valence-electron chi connectivity index (χ4n) is 5.06. The van der Waals surface area contributed by atoms with Crippen molar-refractivity contribution in [3.63, 3.8) is 0 Å². The number of nitrogens with one attached hydrogen (secondary N) is 1. The van der Waals surface area contributed by atoms with Crippen LogP contribution in [-0.4, -0.2) is 66.2 Å². The van der Waals surface area contributed by atoms with Crippen LogP contribution in [0.2, 0.25) is 0 Å². The first-order chi connectivity index (χ1) is 15.8. The highest BCUT2D eigenvalue weighted by Gasteiger charge is 2.44. The van der Waals surface area contributed by atoms with Crippen molar-refractivity contribution >= 4 is 29.4 Å². The summed E-state index contributed by atoms with van der Waals surface area (Å²) in [5.41, 5.74) is 0.370. The first-order valence-electron chi connectivity index (χ1n) is 11.9. The second kappa shape index (κ2) is 11.3. The van der Waals surface area contributed by atoms with Crippen molar-refractivity contribution in [2.24, 2.45) is 0 Å². The third kappa shape index (κ3) is 6.70. The summed E-state index contributed by atoms with van der Waals surface area (Å²) in [6.45, 7) is 6.24. The van der Waals surface area contributed by atoms with Crippen LogP contribution in [0.5, 0.6) is 0 Å². The number of quaternary nitrogens is 1. The Morgan fingerprint density at radius 3 is 2.42 bits per heavy atom. The maximum atomic E-state index is 13.2. The Morgan fingerprint density at radius 1 is 1.12 bits per heavy atom. The van der Waals surface area contributed by atoms with Crippen LogP contribution in [0.1, 0.15) is 57.4 Å². The zero-order valence-electron chi connectivity index (χ0n) is 20.0. The lowest BCUT2D eigenvalue weighted by Crippen LogP contribution is -2.60. The molecule has 0 aliphatic carbocycles.